The molecule has 0 aliphatic rings. The molecule has 1 aromatic rings. The molecule has 1 aromatic carbocycles. The third-order valence-electron chi connectivity index (χ3n) is 2.36. The molecule has 0 heterocycles. The van der Waals surface area contributed by atoms with E-state index in [4.69, 9.17) is 17.3 Å². The quantitative estimate of drug-likeness (QED) is 0.634. The highest BCUT2D eigenvalue weighted by atomic mass is 35.5. The standard InChI is InChI=1S/C11H14ClN3O3/c1-2-3-9(13)11(16)14-10-5-4-7(15(17)18)6-8(10)12/h4-6,9H,2-3,13H2,1H3,(H,14,16). The molecule has 0 aliphatic heterocycles. The number of nitro groups is 1. The third kappa shape index (κ3) is 3.68. The smallest absolute Gasteiger partial charge is 0.271 e. The minimum Gasteiger partial charge on any atom is -0.323 e. The van der Waals surface area contributed by atoms with Crippen molar-refractivity contribution in [3.8, 4) is 0 Å². The fraction of sp³-hybridized carbons (Fsp3) is 0.364. The van der Waals surface area contributed by atoms with Crippen LogP contribution in [0.5, 0.6) is 0 Å². The molecule has 98 valence electrons. The van der Waals surface area contributed by atoms with E-state index in [9.17, 15) is 14.9 Å². The van der Waals surface area contributed by atoms with Crippen LogP contribution in [0, 0.1) is 10.1 Å². The number of amides is 1. The molecule has 0 saturated carbocycles. The Morgan fingerprint density at radius 1 is 1.61 bits per heavy atom. The van der Waals surface area contributed by atoms with Gasteiger partial charge in [-0.2, -0.15) is 0 Å². The maximum absolute atomic E-state index is 11.6. The number of rotatable bonds is 5. The highest BCUT2D eigenvalue weighted by Gasteiger charge is 2.15. The minimum absolute atomic E-state index is 0.112. The van der Waals surface area contributed by atoms with E-state index < -0.39 is 11.0 Å². The molecule has 0 bridgehead atoms. The molecule has 7 heteroatoms. The van der Waals surface area contributed by atoms with Gasteiger partial charge in [0.15, 0.2) is 0 Å². The van der Waals surface area contributed by atoms with Gasteiger partial charge in [-0.25, -0.2) is 0 Å². The van der Waals surface area contributed by atoms with E-state index in [0.717, 1.165) is 6.42 Å². The second kappa shape index (κ2) is 6.32. The van der Waals surface area contributed by atoms with Crippen LogP contribution in [-0.2, 0) is 4.79 Å². The topological polar surface area (TPSA) is 98.3 Å². The Kier molecular flexibility index (Phi) is 5.06. The van der Waals surface area contributed by atoms with Crippen molar-refractivity contribution in [2.45, 2.75) is 25.8 Å². The Morgan fingerprint density at radius 3 is 2.78 bits per heavy atom. The molecule has 0 saturated heterocycles. The lowest BCUT2D eigenvalue weighted by atomic mass is 10.1. The van der Waals surface area contributed by atoms with Crippen LogP contribution < -0.4 is 11.1 Å². The second-order valence-corrected chi connectivity index (χ2v) is 4.21. The average Bonchev–Trinajstić information content (AvgIpc) is 2.31. The van der Waals surface area contributed by atoms with Crippen molar-refractivity contribution in [2.24, 2.45) is 5.73 Å². The Labute approximate surface area is 109 Å². The molecule has 0 spiro atoms. The fourth-order valence-electron chi connectivity index (χ4n) is 1.39. The number of hydrogen-bond acceptors (Lipinski definition) is 4. The molecule has 1 amide bonds. The summed E-state index contributed by atoms with van der Waals surface area (Å²) in [7, 11) is 0. The number of nitrogens with zero attached hydrogens (tertiary/aromatic N) is 1. The van der Waals surface area contributed by atoms with Crippen molar-refractivity contribution in [3.05, 3.63) is 33.3 Å². The van der Waals surface area contributed by atoms with Crippen molar-refractivity contribution < 1.29 is 9.72 Å². The Hall–Kier alpha value is -1.66. The van der Waals surface area contributed by atoms with Crippen LogP contribution >= 0.6 is 11.6 Å². The molecule has 3 N–H and O–H groups in total. The summed E-state index contributed by atoms with van der Waals surface area (Å²) in [5, 5.41) is 13.2. The highest BCUT2D eigenvalue weighted by Crippen LogP contribution is 2.26. The van der Waals surface area contributed by atoms with Gasteiger partial charge < -0.3 is 11.1 Å². The maximum Gasteiger partial charge on any atom is 0.271 e. The Morgan fingerprint density at radius 2 is 2.28 bits per heavy atom. The van der Waals surface area contributed by atoms with E-state index in [1.165, 1.54) is 18.2 Å². The lowest BCUT2D eigenvalue weighted by Gasteiger charge is -2.12. The number of anilines is 1. The normalized spacial score (nSPS) is 11.9. The number of nitrogens with two attached hydrogens (primary N) is 1. The fourth-order valence-corrected chi connectivity index (χ4v) is 1.61. The summed E-state index contributed by atoms with van der Waals surface area (Å²) in [6.07, 6.45) is 1.36. The lowest BCUT2D eigenvalue weighted by molar-refractivity contribution is -0.384. The van der Waals surface area contributed by atoms with Gasteiger partial charge in [0.25, 0.3) is 5.69 Å². The average molecular weight is 272 g/mol. The predicted molar refractivity (Wildman–Crippen MR) is 69.6 cm³/mol. The first-order chi connectivity index (χ1) is 8.45. The molecule has 0 fully saturated rings. The first kappa shape index (κ1) is 14.4. The Balaban J connectivity index is 2.79. The van der Waals surface area contributed by atoms with Crippen molar-refractivity contribution >= 4 is 28.9 Å². The summed E-state index contributed by atoms with van der Waals surface area (Å²) in [6, 6.07) is 3.23. The SMILES string of the molecule is CCCC(N)C(=O)Nc1ccc([N+](=O)[O-])cc1Cl. The van der Waals surface area contributed by atoms with Crippen LogP contribution in [0.3, 0.4) is 0 Å². The summed E-state index contributed by atoms with van der Waals surface area (Å²) in [4.78, 5) is 21.6. The van der Waals surface area contributed by atoms with Crippen LogP contribution in [0.4, 0.5) is 11.4 Å². The number of halogens is 1. The molecule has 18 heavy (non-hydrogen) atoms. The first-order valence-electron chi connectivity index (χ1n) is 5.46. The van der Waals surface area contributed by atoms with E-state index in [0.29, 0.717) is 12.1 Å². The lowest BCUT2D eigenvalue weighted by Crippen LogP contribution is -2.35. The van der Waals surface area contributed by atoms with E-state index in [1.54, 1.807) is 0 Å². The zero-order valence-corrected chi connectivity index (χ0v) is 10.6. The summed E-state index contributed by atoms with van der Waals surface area (Å²) in [5.41, 5.74) is 5.83. The summed E-state index contributed by atoms with van der Waals surface area (Å²) >= 11 is 5.84. The molecule has 1 atom stereocenters. The number of non-ortho nitro benzene ring substituents is 1. The van der Waals surface area contributed by atoms with Gasteiger partial charge in [-0.05, 0) is 12.5 Å². The van der Waals surface area contributed by atoms with Gasteiger partial charge in [-0.15, -0.1) is 0 Å². The van der Waals surface area contributed by atoms with Gasteiger partial charge in [0.1, 0.15) is 0 Å². The van der Waals surface area contributed by atoms with Gasteiger partial charge in [-0.3, -0.25) is 14.9 Å². The molecule has 0 aromatic heterocycles. The number of nitrogens with one attached hydrogen (secondary N) is 1. The number of carbonyl (C=O) groups excluding carboxylic acids is 1. The minimum atomic E-state index is -0.610. The first-order valence-corrected chi connectivity index (χ1v) is 5.84. The predicted octanol–water partition coefficient (Wildman–Crippen LogP) is 2.31. The van der Waals surface area contributed by atoms with Crippen molar-refractivity contribution in [3.63, 3.8) is 0 Å². The molecule has 1 unspecified atom stereocenters. The molecular weight excluding hydrogens is 258 g/mol. The number of nitro benzene ring substituents is 1. The monoisotopic (exact) mass is 271 g/mol. The number of benzene rings is 1. The molecule has 1 rings (SSSR count). The van der Waals surface area contributed by atoms with Gasteiger partial charge in [0.05, 0.1) is 21.7 Å². The van der Waals surface area contributed by atoms with Gasteiger partial charge in [0.2, 0.25) is 5.91 Å². The third-order valence-corrected chi connectivity index (χ3v) is 2.67. The van der Waals surface area contributed by atoms with Gasteiger partial charge in [0, 0.05) is 12.1 Å². The highest BCUT2D eigenvalue weighted by molar-refractivity contribution is 6.34. The summed E-state index contributed by atoms with van der Waals surface area (Å²) in [5.74, 6) is -0.354. The van der Waals surface area contributed by atoms with Crippen LogP contribution in [-0.4, -0.2) is 16.9 Å². The van der Waals surface area contributed by atoms with Gasteiger partial charge in [-0.1, -0.05) is 24.9 Å². The summed E-state index contributed by atoms with van der Waals surface area (Å²) in [6.45, 7) is 1.92. The Bertz CT molecular complexity index is 465. The maximum atomic E-state index is 11.6. The van der Waals surface area contributed by atoms with E-state index in [2.05, 4.69) is 5.32 Å². The molecule has 6 nitrogen and oxygen atoms in total. The summed E-state index contributed by atoms with van der Waals surface area (Å²) < 4.78 is 0. The molecule has 0 aliphatic carbocycles. The van der Waals surface area contributed by atoms with Crippen LogP contribution in [0.25, 0.3) is 0 Å². The van der Waals surface area contributed by atoms with Gasteiger partial charge >= 0.3 is 0 Å². The van der Waals surface area contributed by atoms with Crippen molar-refractivity contribution in [2.75, 3.05) is 5.32 Å². The largest absolute Gasteiger partial charge is 0.323 e. The van der Waals surface area contributed by atoms with E-state index in [1.807, 2.05) is 6.92 Å². The van der Waals surface area contributed by atoms with E-state index >= 15 is 0 Å². The number of carbonyl (C=O) groups is 1. The number of hydrogen-bond donors (Lipinski definition) is 2. The zero-order chi connectivity index (χ0) is 13.7. The van der Waals surface area contributed by atoms with Crippen molar-refractivity contribution in [1.29, 1.82) is 0 Å². The van der Waals surface area contributed by atoms with Crippen LogP contribution in [0.1, 0.15) is 19.8 Å². The van der Waals surface area contributed by atoms with E-state index in [-0.39, 0.29) is 16.6 Å². The second-order valence-electron chi connectivity index (χ2n) is 3.81. The molecular formula is C11H14ClN3O3. The van der Waals surface area contributed by atoms with Crippen molar-refractivity contribution in [1.82, 2.24) is 0 Å². The molecule has 0 radical (unpaired) electrons. The zero-order valence-electron chi connectivity index (χ0n) is 9.85. The van der Waals surface area contributed by atoms with Crippen LogP contribution in [0.2, 0.25) is 5.02 Å². The van der Waals surface area contributed by atoms with Crippen LogP contribution in [0.15, 0.2) is 18.2 Å².